The summed E-state index contributed by atoms with van der Waals surface area (Å²) in [5.41, 5.74) is 0.465. The minimum absolute atomic E-state index is 0.0611. The van der Waals surface area contributed by atoms with Crippen molar-refractivity contribution in [3.8, 4) is 0 Å². The third kappa shape index (κ3) is 5.51. The molecule has 4 heterocycles. The number of sulfone groups is 1. The maximum atomic E-state index is 12.6. The fourth-order valence-electron chi connectivity index (χ4n) is 4.21. The standard InChI is InChI=1S/C20H29ClN6O4S/c1-20(2,3)11-32(28,29)10-12-8-30-17-15(9-31-16(12)17)25-18-14(21)6-22-19(26-18)24-13-5-23-27(4)7-13/h5-7,12,15-17H,8-11H2,1-4H3,(H2,22,24,25,26)/t12-,15-,16?,17?/m1/s1. The first kappa shape index (κ1) is 23.2. The minimum atomic E-state index is -3.22. The molecule has 2 aliphatic heterocycles. The molecule has 0 amide bonds. The number of hydrogen-bond acceptors (Lipinski definition) is 9. The molecule has 2 unspecified atom stereocenters. The third-order valence-electron chi connectivity index (χ3n) is 5.30. The van der Waals surface area contributed by atoms with Gasteiger partial charge in [0.15, 0.2) is 15.7 Å². The molecule has 2 saturated heterocycles. The number of nitrogens with zero attached hydrogens (tertiary/aromatic N) is 4. The lowest BCUT2D eigenvalue weighted by Gasteiger charge is -2.21. The van der Waals surface area contributed by atoms with Gasteiger partial charge in [0.25, 0.3) is 0 Å². The number of nitrogens with one attached hydrogen (secondary N) is 2. The van der Waals surface area contributed by atoms with Crippen LogP contribution < -0.4 is 10.6 Å². The van der Waals surface area contributed by atoms with Gasteiger partial charge in [0.2, 0.25) is 5.95 Å². The maximum Gasteiger partial charge on any atom is 0.229 e. The van der Waals surface area contributed by atoms with Gasteiger partial charge in [0.05, 0.1) is 54.9 Å². The number of halogens is 1. The van der Waals surface area contributed by atoms with E-state index < -0.39 is 9.84 Å². The van der Waals surface area contributed by atoms with E-state index in [1.165, 1.54) is 6.20 Å². The van der Waals surface area contributed by atoms with Crippen LogP contribution in [0.1, 0.15) is 20.8 Å². The average molecular weight is 485 g/mol. The fourth-order valence-corrected chi connectivity index (χ4v) is 6.73. The summed E-state index contributed by atoms with van der Waals surface area (Å²) in [5, 5.41) is 10.8. The molecule has 10 nitrogen and oxygen atoms in total. The molecule has 0 saturated carbocycles. The van der Waals surface area contributed by atoms with Crippen molar-refractivity contribution < 1.29 is 17.9 Å². The number of aromatic nitrogens is 4. The van der Waals surface area contributed by atoms with Gasteiger partial charge >= 0.3 is 0 Å². The molecule has 4 rings (SSSR count). The Kier molecular flexibility index (Phi) is 6.36. The van der Waals surface area contributed by atoms with Crippen LogP contribution in [-0.2, 0) is 26.4 Å². The summed E-state index contributed by atoms with van der Waals surface area (Å²) in [6.45, 7) is 6.49. The van der Waals surface area contributed by atoms with E-state index in [0.717, 1.165) is 5.69 Å². The Labute approximate surface area is 193 Å². The van der Waals surface area contributed by atoms with E-state index in [1.54, 1.807) is 17.1 Å². The summed E-state index contributed by atoms with van der Waals surface area (Å²) in [4.78, 5) is 8.67. The van der Waals surface area contributed by atoms with Crippen LogP contribution in [0.15, 0.2) is 18.6 Å². The normalized spacial score (nSPS) is 25.7. The van der Waals surface area contributed by atoms with Gasteiger partial charge in [-0.05, 0) is 5.41 Å². The Hall–Kier alpha value is -1.95. The van der Waals surface area contributed by atoms with E-state index in [1.807, 2.05) is 27.8 Å². The molecule has 4 atom stereocenters. The molecule has 176 valence electrons. The Bertz CT molecular complexity index is 1070. The monoisotopic (exact) mass is 484 g/mol. The zero-order chi connectivity index (χ0) is 23.1. The summed E-state index contributed by atoms with van der Waals surface area (Å²) >= 11 is 6.31. The lowest BCUT2D eigenvalue weighted by Crippen LogP contribution is -2.37. The first-order chi connectivity index (χ1) is 15.0. The fraction of sp³-hybridized carbons (Fsp3) is 0.650. The van der Waals surface area contributed by atoms with Gasteiger partial charge in [-0.1, -0.05) is 32.4 Å². The maximum absolute atomic E-state index is 12.6. The number of rotatable bonds is 7. The Balaban J connectivity index is 1.41. The highest BCUT2D eigenvalue weighted by Gasteiger charge is 2.49. The van der Waals surface area contributed by atoms with Gasteiger partial charge in [0.1, 0.15) is 11.1 Å². The number of aryl methyl sites for hydroxylation is 1. The first-order valence-electron chi connectivity index (χ1n) is 10.5. The SMILES string of the molecule is Cn1cc(Nc2ncc(Cl)c(N[C@@H]3COC4C3OC[C@@H]4CS(=O)(=O)CC(C)(C)C)n2)cn1. The van der Waals surface area contributed by atoms with Crippen molar-refractivity contribution in [1.82, 2.24) is 19.7 Å². The molecule has 12 heteroatoms. The molecule has 0 aliphatic carbocycles. The molecule has 2 N–H and O–H groups in total. The molecule has 0 spiro atoms. The predicted octanol–water partition coefficient (Wildman–Crippen LogP) is 2.26. The molecule has 2 aromatic heterocycles. The highest BCUT2D eigenvalue weighted by atomic mass is 35.5. The summed E-state index contributed by atoms with van der Waals surface area (Å²) in [5.74, 6) is 0.834. The van der Waals surface area contributed by atoms with Crippen molar-refractivity contribution in [3.63, 3.8) is 0 Å². The summed E-state index contributed by atoms with van der Waals surface area (Å²) in [7, 11) is -1.40. The largest absolute Gasteiger partial charge is 0.373 e. The summed E-state index contributed by atoms with van der Waals surface area (Å²) in [6, 6.07) is -0.200. The summed E-state index contributed by atoms with van der Waals surface area (Å²) < 4.78 is 38.8. The molecular weight excluding hydrogens is 456 g/mol. The highest BCUT2D eigenvalue weighted by Crippen LogP contribution is 2.35. The second-order valence-electron chi connectivity index (χ2n) is 9.64. The average Bonchev–Trinajstić information content (AvgIpc) is 3.35. The lowest BCUT2D eigenvalue weighted by molar-refractivity contribution is 0.0656. The third-order valence-corrected chi connectivity index (χ3v) is 7.82. The quantitative estimate of drug-likeness (QED) is 0.609. The van der Waals surface area contributed by atoms with E-state index in [2.05, 4.69) is 25.7 Å². The van der Waals surface area contributed by atoms with Gasteiger partial charge in [0, 0.05) is 19.2 Å². The van der Waals surface area contributed by atoms with Crippen LogP contribution in [0.5, 0.6) is 0 Å². The van der Waals surface area contributed by atoms with Crippen LogP contribution in [0.4, 0.5) is 17.5 Å². The topological polar surface area (TPSA) is 120 Å². The van der Waals surface area contributed by atoms with E-state index in [9.17, 15) is 8.42 Å². The smallest absolute Gasteiger partial charge is 0.229 e. The Morgan fingerprint density at radius 2 is 1.97 bits per heavy atom. The van der Waals surface area contributed by atoms with E-state index in [-0.39, 0.29) is 41.1 Å². The minimum Gasteiger partial charge on any atom is -0.373 e. The molecule has 32 heavy (non-hydrogen) atoms. The first-order valence-corrected chi connectivity index (χ1v) is 12.7. The van der Waals surface area contributed by atoms with Crippen LogP contribution in [0.3, 0.4) is 0 Å². The second kappa shape index (κ2) is 8.77. The van der Waals surface area contributed by atoms with Crippen molar-refractivity contribution in [2.75, 3.05) is 35.4 Å². The van der Waals surface area contributed by atoms with Gasteiger partial charge in [-0.3, -0.25) is 4.68 Å². The molecular formula is C20H29ClN6O4S. The van der Waals surface area contributed by atoms with Crippen molar-refractivity contribution in [3.05, 3.63) is 23.6 Å². The Morgan fingerprint density at radius 1 is 1.22 bits per heavy atom. The van der Waals surface area contributed by atoms with E-state index >= 15 is 0 Å². The van der Waals surface area contributed by atoms with Crippen molar-refractivity contribution >= 4 is 38.9 Å². The van der Waals surface area contributed by atoms with Gasteiger partial charge in [-0.2, -0.15) is 10.1 Å². The molecule has 0 bridgehead atoms. The van der Waals surface area contributed by atoms with Gasteiger partial charge in [-0.25, -0.2) is 13.4 Å². The highest BCUT2D eigenvalue weighted by molar-refractivity contribution is 7.91. The molecule has 0 aromatic carbocycles. The van der Waals surface area contributed by atoms with Crippen molar-refractivity contribution in [1.29, 1.82) is 0 Å². The Morgan fingerprint density at radius 3 is 2.66 bits per heavy atom. The molecule has 2 aliphatic rings. The predicted molar refractivity (Wildman–Crippen MR) is 122 cm³/mol. The van der Waals surface area contributed by atoms with Crippen LogP contribution >= 0.6 is 11.6 Å². The van der Waals surface area contributed by atoms with Crippen LogP contribution in [0.2, 0.25) is 5.02 Å². The van der Waals surface area contributed by atoms with Crippen LogP contribution in [0.25, 0.3) is 0 Å². The number of anilines is 3. The van der Waals surface area contributed by atoms with Crippen LogP contribution in [0, 0.1) is 11.3 Å². The van der Waals surface area contributed by atoms with Crippen molar-refractivity contribution in [2.24, 2.45) is 18.4 Å². The number of fused-ring (bicyclic) bond motifs is 1. The van der Waals surface area contributed by atoms with E-state index in [4.69, 9.17) is 21.1 Å². The molecule has 2 aromatic rings. The lowest BCUT2D eigenvalue weighted by atomic mass is 10.0. The van der Waals surface area contributed by atoms with E-state index in [0.29, 0.717) is 30.0 Å². The molecule has 2 fully saturated rings. The summed E-state index contributed by atoms with van der Waals surface area (Å²) in [6.07, 6.45) is 4.43. The van der Waals surface area contributed by atoms with Gasteiger partial charge in [-0.15, -0.1) is 0 Å². The number of hydrogen-bond donors (Lipinski definition) is 2. The molecule has 0 radical (unpaired) electrons. The van der Waals surface area contributed by atoms with Gasteiger partial charge < -0.3 is 20.1 Å². The zero-order valence-electron chi connectivity index (χ0n) is 18.6. The number of ether oxygens (including phenoxy) is 2. The van der Waals surface area contributed by atoms with Crippen molar-refractivity contribution in [2.45, 2.75) is 39.0 Å². The zero-order valence-corrected chi connectivity index (χ0v) is 20.2. The van der Waals surface area contributed by atoms with Crippen LogP contribution in [-0.4, -0.2) is 71.1 Å². The second-order valence-corrected chi connectivity index (χ2v) is 12.2.